The van der Waals surface area contributed by atoms with Gasteiger partial charge in [-0.25, -0.2) is 0 Å². The Kier molecular flexibility index (Phi) is 5.04. The summed E-state index contributed by atoms with van der Waals surface area (Å²) in [7, 11) is 0. The molecule has 21 heavy (non-hydrogen) atoms. The Morgan fingerprint density at radius 1 is 1.19 bits per heavy atom. The lowest BCUT2D eigenvalue weighted by Crippen LogP contribution is -2.30. The molecule has 0 aromatic heterocycles. The van der Waals surface area contributed by atoms with Crippen molar-refractivity contribution >= 4 is 17.1 Å². The summed E-state index contributed by atoms with van der Waals surface area (Å²) in [5.74, 6) is 1.34. The lowest BCUT2D eigenvalue weighted by atomic mass is 9.80. The first-order valence-corrected chi connectivity index (χ1v) is 7.79. The maximum Gasteiger partial charge on any atom is 0.315 e. The van der Waals surface area contributed by atoms with Crippen molar-refractivity contribution in [2.75, 3.05) is 17.2 Å². The number of nitro benzene ring substituents is 1. The molecule has 1 aliphatic carbocycles. The summed E-state index contributed by atoms with van der Waals surface area (Å²) in [4.78, 5) is 11.1. The van der Waals surface area contributed by atoms with E-state index in [1.807, 2.05) is 19.1 Å². The molecule has 0 aliphatic heterocycles. The van der Waals surface area contributed by atoms with E-state index < -0.39 is 0 Å². The summed E-state index contributed by atoms with van der Waals surface area (Å²) in [6.07, 6.45) is 3.40. The lowest BCUT2D eigenvalue weighted by molar-refractivity contribution is -0.383. The monoisotopic (exact) mass is 291 g/mol. The van der Waals surface area contributed by atoms with Gasteiger partial charge in [0.2, 0.25) is 0 Å². The SMILES string of the molecule is CCNc1cccc(NC2CC(C)CC(C)C2)c1[N+](=O)[O-]. The molecule has 1 aromatic carbocycles. The van der Waals surface area contributed by atoms with Crippen LogP contribution in [0.2, 0.25) is 0 Å². The Bertz CT molecular complexity index is 494. The third kappa shape index (κ3) is 3.86. The third-order valence-electron chi connectivity index (χ3n) is 4.12. The summed E-state index contributed by atoms with van der Waals surface area (Å²) in [5, 5.41) is 17.9. The van der Waals surface area contributed by atoms with Gasteiger partial charge in [0.15, 0.2) is 0 Å². The summed E-state index contributed by atoms with van der Waals surface area (Å²) in [6, 6.07) is 5.75. The predicted octanol–water partition coefficient (Wildman–Crippen LogP) is 4.26. The molecule has 2 atom stereocenters. The van der Waals surface area contributed by atoms with Gasteiger partial charge in [0.25, 0.3) is 0 Å². The van der Waals surface area contributed by atoms with Gasteiger partial charge in [-0.2, -0.15) is 0 Å². The minimum Gasteiger partial charge on any atom is -0.380 e. The highest BCUT2D eigenvalue weighted by atomic mass is 16.6. The number of hydrogen-bond donors (Lipinski definition) is 2. The van der Waals surface area contributed by atoms with E-state index in [9.17, 15) is 10.1 Å². The Morgan fingerprint density at radius 2 is 1.81 bits per heavy atom. The van der Waals surface area contributed by atoms with E-state index in [4.69, 9.17) is 0 Å². The molecule has 0 radical (unpaired) electrons. The lowest BCUT2D eigenvalue weighted by Gasteiger charge is -2.32. The van der Waals surface area contributed by atoms with Crippen LogP contribution < -0.4 is 10.6 Å². The zero-order valence-electron chi connectivity index (χ0n) is 13.1. The Labute approximate surface area is 126 Å². The Morgan fingerprint density at radius 3 is 2.38 bits per heavy atom. The van der Waals surface area contributed by atoms with Crippen molar-refractivity contribution in [1.29, 1.82) is 0 Å². The largest absolute Gasteiger partial charge is 0.380 e. The standard InChI is InChI=1S/C16H25N3O2/c1-4-17-14-6-5-7-15(16(14)19(20)21)18-13-9-11(2)8-12(3)10-13/h5-7,11-13,17-18H,4,8-10H2,1-3H3. The van der Waals surface area contributed by atoms with Crippen molar-refractivity contribution in [3.05, 3.63) is 28.3 Å². The van der Waals surface area contributed by atoms with Gasteiger partial charge in [0, 0.05) is 12.6 Å². The van der Waals surface area contributed by atoms with Gasteiger partial charge in [-0.05, 0) is 50.2 Å². The molecule has 0 spiro atoms. The fourth-order valence-corrected chi connectivity index (χ4v) is 3.47. The minimum absolute atomic E-state index is 0.158. The highest BCUT2D eigenvalue weighted by Crippen LogP contribution is 2.36. The second kappa shape index (κ2) is 6.78. The van der Waals surface area contributed by atoms with Gasteiger partial charge in [-0.3, -0.25) is 10.1 Å². The van der Waals surface area contributed by atoms with Crippen LogP contribution in [-0.2, 0) is 0 Å². The van der Waals surface area contributed by atoms with E-state index >= 15 is 0 Å². The van der Waals surface area contributed by atoms with Crippen molar-refractivity contribution in [3.8, 4) is 0 Å². The smallest absolute Gasteiger partial charge is 0.315 e. The normalized spacial score (nSPS) is 25.4. The number of para-hydroxylation sites is 1. The van der Waals surface area contributed by atoms with Crippen LogP contribution in [0.15, 0.2) is 18.2 Å². The first-order chi connectivity index (χ1) is 10.0. The van der Waals surface area contributed by atoms with Crippen molar-refractivity contribution in [2.45, 2.75) is 46.1 Å². The summed E-state index contributed by atoms with van der Waals surface area (Å²) < 4.78 is 0. The summed E-state index contributed by atoms with van der Waals surface area (Å²) >= 11 is 0. The second-order valence-electron chi connectivity index (χ2n) is 6.25. The Hall–Kier alpha value is -1.78. The van der Waals surface area contributed by atoms with Crippen LogP contribution >= 0.6 is 0 Å². The van der Waals surface area contributed by atoms with Crippen molar-refractivity contribution in [2.24, 2.45) is 11.8 Å². The molecule has 2 rings (SSSR count). The molecule has 2 N–H and O–H groups in total. The highest BCUT2D eigenvalue weighted by molar-refractivity contribution is 5.76. The fourth-order valence-electron chi connectivity index (χ4n) is 3.47. The van der Waals surface area contributed by atoms with E-state index in [1.165, 1.54) is 6.42 Å². The van der Waals surface area contributed by atoms with Crippen LogP contribution in [0.3, 0.4) is 0 Å². The van der Waals surface area contributed by atoms with Crippen molar-refractivity contribution in [1.82, 2.24) is 0 Å². The minimum atomic E-state index is -0.296. The van der Waals surface area contributed by atoms with E-state index in [1.54, 1.807) is 6.07 Å². The molecule has 5 heteroatoms. The number of nitrogens with one attached hydrogen (secondary N) is 2. The van der Waals surface area contributed by atoms with E-state index in [0.29, 0.717) is 35.8 Å². The van der Waals surface area contributed by atoms with E-state index in [-0.39, 0.29) is 10.6 Å². The van der Waals surface area contributed by atoms with Gasteiger partial charge in [0.05, 0.1) is 4.92 Å². The molecule has 0 saturated heterocycles. The van der Waals surface area contributed by atoms with Gasteiger partial charge in [0.1, 0.15) is 11.4 Å². The average molecular weight is 291 g/mol. The molecule has 1 aliphatic rings. The molecule has 0 heterocycles. The quantitative estimate of drug-likeness (QED) is 0.628. The van der Waals surface area contributed by atoms with Crippen LogP contribution in [0, 0.1) is 22.0 Å². The number of nitrogens with zero attached hydrogens (tertiary/aromatic N) is 1. The Balaban J connectivity index is 2.22. The molecule has 2 unspecified atom stereocenters. The van der Waals surface area contributed by atoms with E-state index in [2.05, 4.69) is 24.5 Å². The maximum absolute atomic E-state index is 11.4. The predicted molar refractivity (Wildman–Crippen MR) is 86.8 cm³/mol. The number of hydrogen-bond acceptors (Lipinski definition) is 4. The molecule has 116 valence electrons. The van der Waals surface area contributed by atoms with Crippen LogP contribution in [0.1, 0.15) is 40.0 Å². The first kappa shape index (κ1) is 15.6. The number of benzene rings is 1. The third-order valence-corrected chi connectivity index (χ3v) is 4.12. The molecule has 0 bridgehead atoms. The van der Waals surface area contributed by atoms with Gasteiger partial charge in [-0.1, -0.05) is 19.9 Å². The molecular weight excluding hydrogens is 266 g/mol. The number of rotatable bonds is 5. The average Bonchev–Trinajstić information content (AvgIpc) is 2.37. The van der Waals surface area contributed by atoms with Crippen LogP contribution in [0.25, 0.3) is 0 Å². The van der Waals surface area contributed by atoms with Crippen LogP contribution in [-0.4, -0.2) is 17.5 Å². The number of nitro groups is 1. The van der Waals surface area contributed by atoms with Gasteiger partial charge < -0.3 is 10.6 Å². The molecule has 1 aromatic rings. The molecular formula is C16H25N3O2. The van der Waals surface area contributed by atoms with Crippen LogP contribution in [0.4, 0.5) is 17.1 Å². The molecule has 5 nitrogen and oxygen atoms in total. The molecule has 1 saturated carbocycles. The van der Waals surface area contributed by atoms with E-state index in [0.717, 1.165) is 12.8 Å². The second-order valence-corrected chi connectivity index (χ2v) is 6.25. The first-order valence-electron chi connectivity index (χ1n) is 7.79. The molecule has 1 fully saturated rings. The zero-order chi connectivity index (χ0) is 15.4. The topological polar surface area (TPSA) is 67.2 Å². The fraction of sp³-hybridized carbons (Fsp3) is 0.625. The molecule has 0 amide bonds. The maximum atomic E-state index is 11.4. The summed E-state index contributed by atoms with van der Waals surface area (Å²) in [6.45, 7) is 7.12. The summed E-state index contributed by atoms with van der Waals surface area (Å²) in [5.41, 5.74) is 1.37. The number of anilines is 2. The van der Waals surface area contributed by atoms with Gasteiger partial charge in [-0.15, -0.1) is 0 Å². The van der Waals surface area contributed by atoms with Gasteiger partial charge >= 0.3 is 5.69 Å². The zero-order valence-corrected chi connectivity index (χ0v) is 13.1. The van der Waals surface area contributed by atoms with Crippen molar-refractivity contribution in [3.63, 3.8) is 0 Å². The highest BCUT2D eigenvalue weighted by Gasteiger charge is 2.27. The van der Waals surface area contributed by atoms with Crippen molar-refractivity contribution < 1.29 is 4.92 Å². The van der Waals surface area contributed by atoms with Crippen LogP contribution in [0.5, 0.6) is 0 Å².